The predicted octanol–water partition coefficient (Wildman–Crippen LogP) is 2.36. The molecule has 2 amide bonds. The van der Waals surface area contributed by atoms with Gasteiger partial charge in [-0.1, -0.05) is 36.4 Å². The Morgan fingerprint density at radius 1 is 1.04 bits per heavy atom. The summed E-state index contributed by atoms with van der Waals surface area (Å²) in [4.78, 5) is 38.1. The van der Waals surface area contributed by atoms with Gasteiger partial charge in [0.1, 0.15) is 0 Å². The number of nitrogens with one attached hydrogen (secondary N) is 1. The van der Waals surface area contributed by atoms with Gasteiger partial charge in [0.05, 0.1) is 12.5 Å². The molecule has 1 saturated heterocycles. The van der Waals surface area contributed by atoms with Gasteiger partial charge in [0.15, 0.2) is 0 Å². The molecule has 1 aliphatic rings. The number of hydrogen-bond donors (Lipinski definition) is 2. The van der Waals surface area contributed by atoms with Crippen LogP contribution in [0.25, 0.3) is 0 Å². The van der Waals surface area contributed by atoms with Crippen molar-refractivity contribution in [3.05, 3.63) is 70.8 Å². The lowest BCUT2D eigenvalue weighted by Crippen LogP contribution is -2.39. The van der Waals surface area contributed by atoms with Crippen molar-refractivity contribution in [3.63, 3.8) is 0 Å². The Morgan fingerprint density at radius 3 is 2.39 bits per heavy atom. The monoisotopic (exact) mass is 380 g/mol. The Balaban J connectivity index is 1.63. The van der Waals surface area contributed by atoms with Gasteiger partial charge in [0.2, 0.25) is 5.91 Å². The Hall–Kier alpha value is -3.15. The van der Waals surface area contributed by atoms with Gasteiger partial charge in [0.25, 0.3) is 5.91 Å². The number of carboxylic acid groups (broad SMARTS) is 1. The van der Waals surface area contributed by atoms with Crippen LogP contribution in [0.2, 0.25) is 0 Å². The van der Waals surface area contributed by atoms with Crippen molar-refractivity contribution < 1.29 is 19.5 Å². The highest BCUT2D eigenvalue weighted by Gasteiger charge is 2.40. The molecule has 6 heteroatoms. The molecule has 2 atom stereocenters. The van der Waals surface area contributed by atoms with E-state index in [1.165, 1.54) is 4.90 Å². The molecule has 0 spiro atoms. The average Bonchev–Trinajstić information content (AvgIpc) is 3.14. The highest BCUT2D eigenvalue weighted by molar-refractivity contribution is 5.96. The highest BCUT2D eigenvalue weighted by atomic mass is 16.4. The normalized spacial score (nSPS) is 18.7. The fraction of sp³-hybridized carbons (Fsp3) is 0.318. The molecule has 3 rings (SSSR count). The van der Waals surface area contributed by atoms with Crippen LogP contribution in [0.1, 0.15) is 33.0 Å². The number of aryl methyl sites for hydroxylation is 2. The highest BCUT2D eigenvalue weighted by Crippen LogP contribution is 2.32. The van der Waals surface area contributed by atoms with Crippen molar-refractivity contribution in [1.82, 2.24) is 10.2 Å². The third kappa shape index (κ3) is 4.22. The first-order valence-corrected chi connectivity index (χ1v) is 9.28. The number of carboxylic acids is 1. The van der Waals surface area contributed by atoms with E-state index >= 15 is 0 Å². The second-order valence-corrected chi connectivity index (χ2v) is 7.24. The molecular formula is C22H24N2O4. The minimum absolute atomic E-state index is 0.146. The lowest BCUT2D eigenvalue weighted by molar-refractivity contribution is -0.141. The van der Waals surface area contributed by atoms with Gasteiger partial charge in [-0.25, -0.2) is 0 Å². The largest absolute Gasteiger partial charge is 0.481 e. The van der Waals surface area contributed by atoms with E-state index in [0.717, 1.165) is 16.7 Å². The summed E-state index contributed by atoms with van der Waals surface area (Å²) in [6, 6.07) is 14.8. The topological polar surface area (TPSA) is 86.7 Å². The van der Waals surface area contributed by atoms with Crippen molar-refractivity contribution in [3.8, 4) is 0 Å². The van der Waals surface area contributed by atoms with E-state index in [1.807, 2.05) is 50.2 Å². The van der Waals surface area contributed by atoms with Crippen LogP contribution in [-0.4, -0.2) is 47.4 Å². The Labute approximate surface area is 164 Å². The SMILES string of the molecule is Cc1ccc(C(=O)NCC(=O)N2CC(C(=O)O)C(c3ccccc3)C2)cc1C. The minimum Gasteiger partial charge on any atom is -0.481 e. The van der Waals surface area contributed by atoms with Gasteiger partial charge in [-0.3, -0.25) is 14.4 Å². The summed E-state index contributed by atoms with van der Waals surface area (Å²) < 4.78 is 0. The molecule has 0 saturated carbocycles. The summed E-state index contributed by atoms with van der Waals surface area (Å²) >= 11 is 0. The summed E-state index contributed by atoms with van der Waals surface area (Å²) in [6.45, 7) is 4.22. The molecule has 0 aromatic heterocycles. The van der Waals surface area contributed by atoms with Gasteiger partial charge in [0, 0.05) is 24.6 Å². The number of nitrogens with zero attached hydrogens (tertiary/aromatic N) is 1. The number of aliphatic carboxylic acids is 1. The van der Waals surface area contributed by atoms with Gasteiger partial charge in [-0.05, 0) is 42.7 Å². The third-order valence-corrected chi connectivity index (χ3v) is 5.39. The van der Waals surface area contributed by atoms with E-state index in [9.17, 15) is 19.5 Å². The lowest BCUT2D eigenvalue weighted by atomic mass is 9.89. The molecular weight excluding hydrogens is 356 g/mol. The molecule has 28 heavy (non-hydrogen) atoms. The lowest BCUT2D eigenvalue weighted by Gasteiger charge is -2.17. The molecule has 2 aromatic carbocycles. The number of hydrogen-bond acceptors (Lipinski definition) is 3. The van der Waals surface area contributed by atoms with E-state index in [2.05, 4.69) is 5.32 Å². The summed E-state index contributed by atoms with van der Waals surface area (Å²) in [5.74, 6) is -2.41. The van der Waals surface area contributed by atoms with Gasteiger partial charge >= 0.3 is 5.97 Å². The van der Waals surface area contributed by atoms with Crippen LogP contribution in [0.5, 0.6) is 0 Å². The fourth-order valence-electron chi connectivity index (χ4n) is 3.55. The number of amides is 2. The molecule has 2 aromatic rings. The number of carbonyl (C=O) groups excluding carboxylic acids is 2. The summed E-state index contributed by atoms with van der Waals surface area (Å²) in [5.41, 5.74) is 3.51. The maximum Gasteiger partial charge on any atom is 0.308 e. The minimum atomic E-state index is -0.914. The molecule has 2 N–H and O–H groups in total. The fourth-order valence-corrected chi connectivity index (χ4v) is 3.55. The predicted molar refractivity (Wildman–Crippen MR) is 105 cm³/mol. The van der Waals surface area contributed by atoms with Crippen LogP contribution >= 0.6 is 0 Å². The molecule has 1 fully saturated rings. The molecule has 2 unspecified atom stereocenters. The quantitative estimate of drug-likeness (QED) is 0.834. The van der Waals surface area contributed by atoms with Crippen molar-refractivity contribution >= 4 is 17.8 Å². The Kier molecular flexibility index (Phi) is 5.78. The van der Waals surface area contributed by atoms with Crippen LogP contribution in [0.15, 0.2) is 48.5 Å². The van der Waals surface area contributed by atoms with E-state index in [1.54, 1.807) is 12.1 Å². The molecule has 1 heterocycles. The molecule has 0 bridgehead atoms. The van der Waals surface area contributed by atoms with Crippen molar-refractivity contribution in [2.45, 2.75) is 19.8 Å². The van der Waals surface area contributed by atoms with E-state index in [4.69, 9.17) is 0 Å². The molecule has 146 valence electrons. The van der Waals surface area contributed by atoms with E-state index in [-0.39, 0.29) is 30.8 Å². The summed E-state index contributed by atoms with van der Waals surface area (Å²) in [7, 11) is 0. The zero-order valence-corrected chi connectivity index (χ0v) is 16.0. The zero-order chi connectivity index (χ0) is 20.3. The van der Waals surface area contributed by atoms with E-state index < -0.39 is 11.9 Å². The molecule has 1 aliphatic heterocycles. The summed E-state index contributed by atoms with van der Waals surface area (Å²) in [5, 5.41) is 12.2. The van der Waals surface area contributed by atoms with Crippen molar-refractivity contribution in [1.29, 1.82) is 0 Å². The number of rotatable bonds is 5. The van der Waals surface area contributed by atoms with E-state index in [0.29, 0.717) is 12.1 Å². The van der Waals surface area contributed by atoms with Gasteiger partial charge in [-0.2, -0.15) is 0 Å². The average molecular weight is 380 g/mol. The number of carbonyl (C=O) groups is 3. The molecule has 0 aliphatic carbocycles. The summed E-state index contributed by atoms with van der Waals surface area (Å²) in [6.07, 6.45) is 0. The zero-order valence-electron chi connectivity index (χ0n) is 16.0. The van der Waals surface area contributed by atoms with Crippen LogP contribution in [0.3, 0.4) is 0 Å². The first-order chi connectivity index (χ1) is 13.4. The first kappa shape index (κ1) is 19.6. The van der Waals surface area contributed by atoms with Crippen LogP contribution in [-0.2, 0) is 9.59 Å². The Morgan fingerprint density at radius 2 is 1.75 bits per heavy atom. The van der Waals surface area contributed by atoms with Gasteiger partial charge in [-0.15, -0.1) is 0 Å². The van der Waals surface area contributed by atoms with Crippen LogP contribution in [0.4, 0.5) is 0 Å². The van der Waals surface area contributed by atoms with Crippen LogP contribution in [0, 0.1) is 19.8 Å². The standard InChI is InChI=1S/C22H24N2O4/c1-14-8-9-17(10-15(14)2)21(26)23-11-20(25)24-12-18(19(13-24)22(27)28)16-6-4-3-5-7-16/h3-10,18-19H,11-13H2,1-2H3,(H,23,26)(H,27,28). The second kappa shape index (κ2) is 8.25. The smallest absolute Gasteiger partial charge is 0.308 e. The molecule has 6 nitrogen and oxygen atoms in total. The maximum atomic E-state index is 12.6. The maximum absolute atomic E-state index is 12.6. The van der Waals surface area contributed by atoms with Gasteiger partial charge < -0.3 is 15.3 Å². The Bertz CT molecular complexity index is 895. The molecule has 0 radical (unpaired) electrons. The number of benzene rings is 2. The van der Waals surface area contributed by atoms with Crippen molar-refractivity contribution in [2.75, 3.05) is 19.6 Å². The van der Waals surface area contributed by atoms with Crippen LogP contribution < -0.4 is 5.32 Å². The first-order valence-electron chi connectivity index (χ1n) is 9.28. The third-order valence-electron chi connectivity index (χ3n) is 5.39. The number of likely N-dealkylation sites (tertiary alicyclic amines) is 1. The van der Waals surface area contributed by atoms with Crippen molar-refractivity contribution in [2.24, 2.45) is 5.92 Å². The second-order valence-electron chi connectivity index (χ2n) is 7.24.